The quantitative estimate of drug-likeness (QED) is 0.517. The molecule has 0 saturated heterocycles. The van der Waals surface area contributed by atoms with Crippen LogP contribution in [0.15, 0.2) is 0 Å². The van der Waals surface area contributed by atoms with Crippen molar-refractivity contribution in [2.24, 2.45) is 17.3 Å². The fraction of sp³-hybridized carbons (Fsp3) is 0.800. The first-order chi connectivity index (χ1) is 5.37. The van der Waals surface area contributed by atoms with Gasteiger partial charge in [-0.1, -0.05) is 13.8 Å². The van der Waals surface area contributed by atoms with Crippen LogP contribution < -0.4 is 0 Å². The zero-order valence-electron chi connectivity index (χ0n) is 8.18. The molecule has 0 N–H and O–H groups in total. The number of hydrogen-bond donors (Lipinski definition) is 0. The van der Waals surface area contributed by atoms with Gasteiger partial charge in [0.25, 0.3) is 0 Å². The van der Waals surface area contributed by atoms with Gasteiger partial charge in [0.15, 0.2) is 0 Å². The Morgan fingerprint density at radius 3 is 1.75 bits per heavy atom. The Hall–Kier alpha value is -0.660. The van der Waals surface area contributed by atoms with Gasteiger partial charge in [0.05, 0.1) is 5.41 Å². The fourth-order valence-electron chi connectivity index (χ4n) is 2.10. The lowest BCUT2D eigenvalue weighted by atomic mass is 9.66. The van der Waals surface area contributed by atoms with E-state index in [-0.39, 0.29) is 23.4 Å². The molecule has 0 spiro atoms. The zero-order valence-corrected chi connectivity index (χ0v) is 8.18. The van der Waals surface area contributed by atoms with E-state index in [4.69, 9.17) is 0 Å². The number of hydrogen-bond acceptors (Lipinski definition) is 2. The van der Waals surface area contributed by atoms with Crippen molar-refractivity contribution in [1.29, 1.82) is 0 Å². The minimum Gasteiger partial charge on any atom is -0.298 e. The monoisotopic (exact) mass is 168 g/mol. The summed E-state index contributed by atoms with van der Waals surface area (Å²) in [6.45, 7) is 7.30. The summed E-state index contributed by atoms with van der Waals surface area (Å²) in [6.07, 6.45) is 0.723. The smallest absolute Gasteiger partial charge is 0.148 e. The molecule has 2 unspecified atom stereocenters. The van der Waals surface area contributed by atoms with E-state index < -0.39 is 5.41 Å². The lowest BCUT2D eigenvalue weighted by Crippen LogP contribution is -2.45. The van der Waals surface area contributed by atoms with Crippen molar-refractivity contribution in [1.82, 2.24) is 0 Å². The molecule has 0 amide bonds. The van der Waals surface area contributed by atoms with Gasteiger partial charge in [-0.25, -0.2) is 0 Å². The number of carbonyl (C=O) groups excluding carboxylic acids is 2. The number of rotatable bonds is 0. The van der Waals surface area contributed by atoms with Gasteiger partial charge in [-0.2, -0.15) is 0 Å². The Bertz CT molecular complexity index is 206. The highest BCUT2D eigenvalue weighted by atomic mass is 16.2. The van der Waals surface area contributed by atoms with Gasteiger partial charge in [0.1, 0.15) is 11.6 Å². The van der Waals surface area contributed by atoms with E-state index >= 15 is 0 Å². The van der Waals surface area contributed by atoms with Crippen LogP contribution in [0.1, 0.15) is 34.1 Å². The second kappa shape index (κ2) is 2.68. The van der Waals surface area contributed by atoms with Crippen molar-refractivity contribution >= 4 is 11.6 Å². The Morgan fingerprint density at radius 1 is 1.08 bits per heavy atom. The van der Waals surface area contributed by atoms with Crippen LogP contribution in [0.3, 0.4) is 0 Å². The molecule has 1 saturated carbocycles. The van der Waals surface area contributed by atoms with Crippen molar-refractivity contribution in [3.63, 3.8) is 0 Å². The molecule has 0 aromatic carbocycles. The van der Waals surface area contributed by atoms with Crippen LogP contribution >= 0.6 is 0 Å². The van der Waals surface area contributed by atoms with E-state index in [1.807, 2.05) is 13.8 Å². The maximum atomic E-state index is 11.6. The van der Waals surface area contributed by atoms with Crippen molar-refractivity contribution in [2.75, 3.05) is 0 Å². The minimum absolute atomic E-state index is 0.0488. The Morgan fingerprint density at radius 2 is 1.42 bits per heavy atom. The SMILES string of the molecule is CC1CC(C)C(=O)C(C)(C)C1=O. The molecule has 12 heavy (non-hydrogen) atoms. The molecule has 0 aromatic rings. The molecule has 0 radical (unpaired) electrons. The van der Waals surface area contributed by atoms with Crippen LogP contribution in [-0.4, -0.2) is 11.6 Å². The molecule has 1 fully saturated rings. The van der Waals surface area contributed by atoms with E-state index in [1.165, 1.54) is 0 Å². The molecule has 0 heterocycles. The first-order valence-electron chi connectivity index (χ1n) is 4.46. The molecule has 2 heteroatoms. The molecular weight excluding hydrogens is 152 g/mol. The summed E-state index contributed by atoms with van der Waals surface area (Å²) in [4.78, 5) is 23.2. The van der Waals surface area contributed by atoms with E-state index in [1.54, 1.807) is 13.8 Å². The summed E-state index contributed by atoms with van der Waals surface area (Å²) in [7, 11) is 0. The van der Waals surface area contributed by atoms with E-state index in [0.717, 1.165) is 6.42 Å². The largest absolute Gasteiger partial charge is 0.298 e. The number of Topliss-reactive ketones (excluding diaryl/α,β-unsaturated/α-hetero) is 2. The lowest BCUT2D eigenvalue weighted by Gasteiger charge is -2.34. The maximum absolute atomic E-state index is 11.6. The van der Waals surface area contributed by atoms with Gasteiger partial charge in [-0.15, -0.1) is 0 Å². The maximum Gasteiger partial charge on any atom is 0.148 e. The van der Waals surface area contributed by atoms with Crippen LogP contribution in [0.25, 0.3) is 0 Å². The minimum atomic E-state index is -0.739. The van der Waals surface area contributed by atoms with Gasteiger partial charge < -0.3 is 0 Å². The van der Waals surface area contributed by atoms with E-state index in [2.05, 4.69) is 0 Å². The first kappa shape index (κ1) is 9.43. The van der Waals surface area contributed by atoms with Crippen LogP contribution in [0.5, 0.6) is 0 Å². The van der Waals surface area contributed by atoms with Crippen molar-refractivity contribution < 1.29 is 9.59 Å². The molecule has 1 rings (SSSR count). The van der Waals surface area contributed by atoms with Crippen LogP contribution in [0.4, 0.5) is 0 Å². The summed E-state index contributed by atoms with van der Waals surface area (Å²) >= 11 is 0. The average molecular weight is 168 g/mol. The highest BCUT2D eigenvalue weighted by molar-refractivity contribution is 6.09. The molecule has 1 aliphatic carbocycles. The highest BCUT2D eigenvalue weighted by Crippen LogP contribution is 2.35. The molecule has 0 aromatic heterocycles. The molecule has 0 aliphatic heterocycles. The standard InChI is InChI=1S/C10H16O2/c1-6-5-7(2)9(12)10(3,4)8(6)11/h6-7H,5H2,1-4H3. The lowest BCUT2D eigenvalue weighted by molar-refractivity contribution is -0.147. The van der Waals surface area contributed by atoms with Gasteiger partial charge in [-0.05, 0) is 20.3 Å². The summed E-state index contributed by atoms with van der Waals surface area (Å²) in [5, 5.41) is 0. The predicted molar refractivity (Wildman–Crippen MR) is 46.7 cm³/mol. The van der Waals surface area contributed by atoms with Crippen LogP contribution in [0.2, 0.25) is 0 Å². The van der Waals surface area contributed by atoms with E-state index in [0.29, 0.717) is 0 Å². The topological polar surface area (TPSA) is 34.1 Å². The molecule has 1 aliphatic rings. The predicted octanol–water partition coefficient (Wildman–Crippen LogP) is 1.83. The molecule has 68 valence electrons. The second-order valence-corrected chi connectivity index (χ2v) is 4.39. The van der Waals surface area contributed by atoms with Gasteiger partial charge in [0.2, 0.25) is 0 Å². The third-order valence-electron chi connectivity index (χ3n) is 2.83. The molecule has 0 bridgehead atoms. The molecule has 2 nitrogen and oxygen atoms in total. The van der Waals surface area contributed by atoms with Crippen molar-refractivity contribution in [2.45, 2.75) is 34.1 Å². The number of carbonyl (C=O) groups is 2. The van der Waals surface area contributed by atoms with Crippen molar-refractivity contribution in [3.05, 3.63) is 0 Å². The molecular formula is C10H16O2. The van der Waals surface area contributed by atoms with Gasteiger partial charge in [-0.3, -0.25) is 9.59 Å². The van der Waals surface area contributed by atoms with Crippen LogP contribution in [0, 0.1) is 17.3 Å². The van der Waals surface area contributed by atoms with Gasteiger partial charge in [0, 0.05) is 11.8 Å². The number of ketones is 2. The third-order valence-corrected chi connectivity index (χ3v) is 2.83. The average Bonchev–Trinajstić information content (AvgIpc) is 1.99. The molecule has 2 atom stereocenters. The normalized spacial score (nSPS) is 35.3. The Labute approximate surface area is 73.3 Å². The Kier molecular flexibility index (Phi) is 2.11. The summed E-state index contributed by atoms with van der Waals surface area (Å²) in [6, 6.07) is 0. The van der Waals surface area contributed by atoms with Crippen LogP contribution in [-0.2, 0) is 9.59 Å². The van der Waals surface area contributed by atoms with Gasteiger partial charge >= 0.3 is 0 Å². The summed E-state index contributed by atoms with van der Waals surface area (Å²) in [5.74, 6) is 0.302. The highest BCUT2D eigenvalue weighted by Gasteiger charge is 2.45. The Balaban J connectivity index is 2.98. The second-order valence-electron chi connectivity index (χ2n) is 4.39. The van der Waals surface area contributed by atoms with E-state index in [9.17, 15) is 9.59 Å². The summed E-state index contributed by atoms with van der Waals surface area (Å²) < 4.78 is 0. The third kappa shape index (κ3) is 1.19. The zero-order chi connectivity index (χ0) is 9.52. The summed E-state index contributed by atoms with van der Waals surface area (Å²) in [5.41, 5.74) is -0.739. The fourth-order valence-corrected chi connectivity index (χ4v) is 2.10. The van der Waals surface area contributed by atoms with Crippen molar-refractivity contribution in [3.8, 4) is 0 Å². The first-order valence-corrected chi connectivity index (χ1v) is 4.46.